The molecule has 0 aromatic heterocycles. The van der Waals surface area contributed by atoms with Crippen molar-refractivity contribution in [1.82, 2.24) is 0 Å². The first-order valence-corrected chi connectivity index (χ1v) is 14.3. The molecule has 0 fully saturated rings. The Morgan fingerprint density at radius 1 is 0.667 bits per heavy atom. The van der Waals surface area contributed by atoms with Crippen LogP contribution in [0.5, 0.6) is 17.2 Å². The van der Waals surface area contributed by atoms with E-state index in [-0.39, 0.29) is 5.97 Å². The molecule has 0 spiro atoms. The van der Waals surface area contributed by atoms with E-state index in [4.69, 9.17) is 23.7 Å². The molecule has 0 aliphatic rings. The lowest BCUT2D eigenvalue weighted by Crippen LogP contribution is -2.28. The zero-order valence-electron chi connectivity index (χ0n) is 24.2. The molecule has 1 atom stereocenters. The molecule has 0 heterocycles. The summed E-state index contributed by atoms with van der Waals surface area (Å²) in [5.74, 6) is 1.86. The molecule has 4 aromatic rings. The summed E-state index contributed by atoms with van der Waals surface area (Å²) in [4.78, 5) is 12.1. The fraction of sp³-hybridized carbons (Fsp3) is 0.250. The molecule has 42 heavy (non-hydrogen) atoms. The van der Waals surface area contributed by atoms with E-state index in [1.165, 1.54) is 0 Å². The summed E-state index contributed by atoms with van der Waals surface area (Å²) in [5, 5.41) is 0. The third kappa shape index (κ3) is 10.1. The molecule has 4 aromatic carbocycles. The van der Waals surface area contributed by atoms with Gasteiger partial charge in [0.25, 0.3) is 0 Å². The molecule has 218 valence electrons. The van der Waals surface area contributed by atoms with Crippen LogP contribution in [0.15, 0.2) is 109 Å². The topological polar surface area (TPSA) is 63.2 Å². The highest BCUT2D eigenvalue weighted by atomic mass is 16.6. The first-order chi connectivity index (χ1) is 20.6. The van der Waals surface area contributed by atoms with Crippen LogP contribution in [-0.2, 0) is 33.9 Å². The minimum Gasteiger partial charge on any atom is -0.490 e. The first kappa shape index (κ1) is 30.4. The average molecular weight is 567 g/mol. The van der Waals surface area contributed by atoms with Gasteiger partial charge in [0, 0.05) is 19.1 Å². The van der Waals surface area contributed by atoms with E-state index in [2.05, 4.69) is 0 Å². The van der Waals surface area contributed by atoms with E-state index in [1.54, 1.807) is 6.92 Å². The van der Waals surface area contributed by atoms with E-state index >= 15 is 0 Å². The van der Waals surface area contributed by atoms with Crippen LogP contribution in [0.3, 0.4) is 0 Å². The highest BCUT2D eigenvalue weighted by Crippen LogP contribution is 2.26. The minimum absolute atomic E-state index is 0.329. The number of rotatable bonds is 16. The Kier molecular flexibility index (Phi) is 12.1. The number of carbonyl (C=O) groups excluding carboxylic acids is 1. The Bertz CT molecular complexity index is 1320. The van der Waals surface area contributed by atoms with E-state index in [9.17, 15) is 4.79 Å². The van der Waals surface area contributed by atoms with Gasteiger partial charge in [0.05, 0.1) is 6.61 Å². The molecule has 0 saturated carbocycles. The van der Waals surface area contributed by atoms with Crippen LogP contribution in [0.4, 0.5) is 0 Å². The van der Waals surface area contributed by atoms with Crippen LogP contribution in [0, 0.1) is 0 Å². The summed E-state index contributed by atoms with van der Waals surface area (Å²) in [6.07, 6.45) is 3.78. The van der Waals surface area contributed by atoms with Gasteiger partial charge in [-0.05, 0) is 66.4 Å². The highest BCUT2D eigenvalue weighted by Gasteiger charge is 2.20. The second-order valence-electron chi connectivity index (χ2n) is 9.54. The number of esters is 1. The van der Waals surface area contributed by atoms with Crippen molar-refractivity contribution in [2.45, 2.75) is 39.6 Å². The van der Waals surface area contributed by atoms with Gasteiger partial charge in [-0.1, -0.05) is 78.9 Å². The van der Waals surface area contributed by atoms with Crippen LogP contribution < -0.4 is 14.2 Å². The number of carbonyl (C=O) groups is 1. The normalized spacial score (nSPS) is 11.7. The van der Waals surface area contributed by atoms with Crippen LogP contribution in [-0.4, -0.2) is 31.9 Å². The number of ether oxygens (including phenoxy) is 5. The van der Waals surface area contributed by atoms with Gasteiger partial charge in [-0.3, -0.25) is 0 Å². The molecule has 4 rings (SSSR count). The fourth-order valence-electron chi connectivity index (χ4n) is 4.25. The summed E-state index contributed by atoms with van der Waals surface area (Å²) in [6.45, 7) is 5.75. The predicted octanol–water partition coefficient (Wildman–Crippen LogP) is 7.45. The van der Waals surface area contributed by atoms with Crippen molar-refractivity contribution in [3.05, 3.63) is 131 Å². The van der Waals surface area contributed by atoms with Crippen LogP contribution >= 0.6 is 0 Å². The molecule has 0 N–H and O–H groups in total. The molecule has 6 nitrogen and oxygen atoms in total. The third-order valence-corrected chi connectivity index (χ3v) is 6.32. The Hall–Kier alpha value is -4.55. The van der Waals surface area contributed by atoms with Crippen molar-refractivity contribution >= 4 is 12.0 Å². The standard InChI is InChI=1S/C36H38O6/c1-3-38-35(36(37)39-4-2)24-28-17-19-32(20-18-28)40-21-11-16-31-22-33(41-26-29-12-7-5-8-13-29)25-34(23-31)42-27-30-14-9-6-10-15-30/h5-20,22-23,25,35H,3-4,21,24,26-27H2,1-2H3/b16-11+. The fourth-order valence-corrected chi connectivity index (χ4v) is 4.25. The smallest absolute Gasteiger partial charge is 0.335 e. The zero-order valence-corrected chi connectivity index (χ0v) is 24.2. The maximum absolute atomic E-state index is 12.1. The molecular formula is C36H38O6. The third-order valence-electron chi connectivity index (χ3n) is 6.32. The SMILES string of the molecule is CCOC(=O)C(Cc1ccc(OC/C=C/c2cc(OCc3ccccc3)cc(OCc3ccccc3)c2)cc1)OCC. The molecule has 0 aliphatic heterocycles. The first-order valence-electron chi connectivity index (χ1n) is 14.3. The second kappa shape index (κ2) is 16.7. The summed E-state index contributed by atoms with van der Waals surface area (Å²) in [6, 6.07) is 33.7. The maximum atomic E-state index is 12.1. The van der Waals surface area contributed by atoms with Crippen molar-refractivity contribution in [3.63, 3.8) is 0 Å². The number of hydrogen-bond donors (Lipinski definition) is 0. The number of benzene rings is 4. The lowest BCUT2D eigenvalue weighted by molar-refractivity contribution is -0.156. The van der Waals surface area contributed by atoms with Crippen LogP contribution in [0.1, 0.15) is 36.1 Å². The van der Waals surface area contributed by atoms with Gasteiger partial charge in [-0.2, -0.15) is 0 Å². The zero-order chi connectivity index (χ0) is 29.4. The Labute approximate surface area is 248 Å². The second-order valence-corrected chi connectivity index (χ2v) is 9.54. The van der Waals surface area contributed by atoms with E-state index in [0.29, 0.717) is 39.5 Å². The minimum atomic E-state index is -0.612. The van der Waals surface area contributed by atoms with Gasteiger partial charge >= 0.3 is 5.97 Å². The Morgan fingerprint density at radius 3 is 1.81 bits per heavy atom. The molecule has 0 aliphatic carbocycles. The summed E-state index contributed by atoms with van der Waals surface area (Å²) >= 11 is 0. The van der Waals surface area contributed by atoms with Gasteiger partial charge in [-0.15, -0.1) is 0 Å². The van der Waals surface area contributed by atoms with Crippen LogP contribution in [0.2, 0.25) is 0 Å². The van der Waals surface area contributed by atoms with E-state index in [1.807, 2.05) is 122 Å². The largest absolute Gasteiger partial charge is 0.490 e. The van der Waals surface area contributed by atoms with E-state index in [0.717, 1.165) is 39.5 Å². The lowest BCUT2D eigenvalue weighted by Gasteiger charge is -2.15. The average Bonchev–Trinajstić information content (AvgIpc) is 3.03. The van der Waals surface area contributed by atoms with Gasteiger partial charge in [0.2, 0.25) is 0 Å². The van der Waals surface area contributed by atoms with Gasteiger partial charge in [0.1, 0.15) is 37.1 Å². The Balaban J connectivity index is 1.36. The Morgan fingerprint density at radius 2 is 1.26 bits per heavy atom. The van der Waals surface area contributed by atoms with Crippen molar-refractivity contribution in [3.8, 4) is 17.2 Å². The predicted molar refractivity (Wildman–Crippen MR) is 165 cm³/mol. The van der Waals surface area contributed by atoms with Crippen molar-refractivity contribution in [2.75, 3.05) is 19.8 Å². The van der Waals surface area contributed by atoms with Gasteiger partial charge < -0.3 is 23.7 Å². The quantitative estimate of drug-likeness (QED) is 0.131. The molecule has 0 amide bonds. The lowest BCUT2D eigenvalue weighted by atomic mass is 10.1. The van der Waals surface area contributed by atoms with Gasteiger partial charge in [-0.25, -0.2) is 4.79 Å². The molecule has 0 radical (unpaired) electrons. The monoisotopic (exact) mass is 566 g/mol. The van der Waals surface area contributed by atoms with E-state index < -0.39 is 6.10 Å². The number of hydrogen-bond acceptors (Lipinski definition) is 6. The maximum Gasteiger partial charge on any atom is 0.335 e. The van der Waals surface area contributed by atoms with Gasteiger partial charge in [0.15, 0.2) is 6.10 Å². The molecule has 0 saturated heterocycles. The molecule has 1 unspecified atom stereocenters. The molecule has 0 bridgehead atoms. The summed E-state index contributed by atoms with van der Waals surface area (Å²) < 4.78 is 28.8. The summed E-state index contributed by atoms with van der Waals surface area (Å²) in [7, 11) is 0. The van der Waals surface area contributed by atoms with Crippen molar-refractivity contribution in [2.24, 2.45) is 0 Å². The van der Waals surface area contributed by atoms with Crippen molar-refractivity contribution < 1.29 is 28.5 Å². The highest BCUT2D eigenvalue weighted by molar-refractivity contribution is 5.75. The summed E-state index contributed by atoms with van der Waals surface area (Å²) in [5.41, 5.74) is 4.11. The van der Waals surface area contributed by atoms with Crippen LogP contribution in [0.25, 0.3) is 6.08 Å². The van der Waals surface area contributed by atoms with Crippen molar-refractivity contribution in [1.29, 1.82) is 0 Å². The molecular weight excluding hydrogens is 528 g/mol. The molecule has 6 heteroatoms.